The Morgan fingerprint density at radius 3 is 2.84 bits per heavy atom. The summed E-state index contributed by atoms with van der Waals surface area (Å²) in [6.07, 6.45) is 4.24. The molecule has 0 aliphatic carbocycles. The van der Waals surface area contributed by atoms with Gasteiger partial charge >= 0.3 is 0 Å². The zero-order valence-electron chi connectivity index (χ0n) is 25.2. The minimum Gasteiger partial charge on any atom is -0.471 e. The highest BCUT2D eigenvalue weighted by atomic mass is 16.5. The van der Waals surface area contributed by atoms with Crippen LogP contribution < -0.4 is 15.4 Å². The maximum Gasteiger partial charge on any atom is 0.292 e. The first kappa shape index (κ1) is 28.9. The van der Waals surface area contributed by atoms with E-state index < -0.39 is 0 Å². The quantitative estimate of drug-likeness (QED) is 0.229. The van der Waals surface area contributed by atoms with Crippen molar-refractivity contribution in [2.45, 2.75) is 26.4 Å². The molecule has 44 heavy (non-hydrogen) atoms. The average Bonchev–Trinajstić information content (AvgIpc) is 3.78. The summed E-state index contributed by atoms with van der Waals surface area (Å²) >= 11 is 0. The van der Waals surface area contributed by atoms with Crippen molar-refractivity contribution in [2.75, 3.05) is 44.4 Å². The number of para-hydroxylation sites is 1. The van der Waals surface area contributed by atoms with E-state index in [9.17, 15) is 9.59 Å². The number of anilines is 3. The lowest BCUT2D eigenvalue weighted by molar-refractivity contribution is -0.117. The van der Waals surface area contributed by atoms with Gasteiger partial charge in [0.15, 0.2) is 5.82 Å². The predicted molar refractivity (Wildman–Crippen MR) is 164 cm³/mol. The van der Waals surface area contributed by atoms with E-state index >= 15 is 0 Å². The molecular formula is C30H34N10O4. The summed E-state index contributed by atoms with van der Waals surface area (Å²) in [6, 6.07) is 9.20. The molecule has 0 spiro atoms. The van der Waals surface area contributed by atoms with Crippen LogP contribution in [0.4, 0.5) is 17.5 Å². The number of hydrogen-bond acceptors (Lipinski definition) is 10. The van der Waals surface area contributed by atoms with Crippen molar-refractivity contribution in [2.24, 2.45) is 7.05 Å². The molecule has 1 atom stereocenters. The number of amides is 2. The van der Waals surface area contributed by atoms with Crippen molar-refractivity contribution in [1.29, 1.82) is 0 Å². The van der Waals surface area contributed by atoms with E-state index in [1.807, 2.05) is 56.3 Å². The minimum atomic E-state index is -0.286. The van der Waals surface area contributed by atoms with Crippen LogP contribution >= 0.6 is 0 Å². The van der Waals surface area contributed by atoms with Crippen LogP contribution in [-0.2, 0) is 11.8 Å². The van der Waals surface area contributed by atoms with E-state index in [-0.39, 0.29) is 36.1 Å². The number of rotatable bonds is 9. The number of nitrogens with zero attached hydrogens (tertiary/aromatic N) is 7. The van der Waals surface area contributed by atoms with Gasteiger partial charge in [0.1, 0.15) is 6.10 Å². The molecule has 0 bridgehead atoms. The molecular weight excluding hydrogens is 564 g/mol. The van der Waals surface area contributed by atoms with E-state index in [0.29, 0.717) is 30.5 Å². The van der Waals surface area contributed by atoms with Gasteiger partial charge in [-0.3, -0.25) is 19.2 Å². The van der Waals surface area contributed by atoms with E-state index in [1.54, 1.807) is 25.0 Å². The first-order valence-corrected chi connectivity index (χ1v) is 14.2. The Kier molecular flexibility index (Phi) is 7.74. The van der Waals surface area contributed by atoms with Gasteiger partial charge in [-0.2, -0.15) is 5.10 Å². The number of carbonyl (C=O) groups excluding carboxylic acids is 2. The summed E-state index contributed by atoms with van der Waals surface area (Å²) in [6.45, 7) is 5.39. The molecule has 1 aromatic carbocycles. The van der Waals surface area contributed by atoms with Gasteiger partial charge in [0.2, 0.25) is 17.6 Å². The highest BCUT2D eigenvalue weighted by Crippen LogP contribution is 2.33. The Morgan fingerprint density at radius 2 is 2.07 bits per heavy atom. The molecule has 3 N–H and O–H groups in total. The second kappa shape index (κ2) is 11.8. The highest BCUT2D eigenvalue weighted by molar-refractivity contribution is 6.06. The molecule has 228 valence electrons. The molecule has 2 amide bonds. The summed E-state index contributed by atoms with van der Waals surface area (Å²) in [4.78, 5) is 41.1. The number of fused-ring (bicyclic) bond motifs is 1. The van der Waals surface area contributed by atoms with Crippen LogP contribution in [0.3, 0.4) is 0 Å². The van der Waals surface area contributed by atoms with Crippen molar-refractivity contribution < 1.29 is 18.8 Å². The first-order valence-electron chi connectivity index (χ1n) is 14.2. The molecule has 1 saturated heterocycles. The van der Waals surface area contributed by atoms with E-state index in [1.165, 1.54) is 11.0 Å². The zero-order chi connectivity index (χ0) is 31.0. The Labute approximate surface area is 253 Å². The predicted octanol–water partition coefficient (Wildman–Crippen LogP) is 3.50. The lowest BCUT2D eigenvalue weighted by Crippen LogP contribution is -2.33. The molecule has 1 aliphatic heterocycles. The normalized spacial score (nSPS) is 15.1. The maximum atomic E-state index is 13.1. The molecule has 0 radical (unpaired) electrons. The number of carbonyl (C=O) groups is 2. The number of hydrogen-bond donors (Lipinski definition) is 3. The Morgan fingerprint density at radius 1 is 1.23 bits per heavy atom. The first-order chi connectivity index (χ1) is 21.1. The third-order valence-corrected chi connectivity index (χ3v) is 7.56. The molecule has 14 heteroatoms. The Bertz CT molecular complexity index is 1820. The molecule has 5 aromatic rings. The van der Waals surface area contributed by atoms with Gasteiger partial charge in [0.05, 0.1) is 29.5 Å². The summed E-state index contributed by atoms with van der Waals surface area (Å²) in [5.74, 6) is 1.07. The number of likely N-dealkylation sites (tertiary alicyclic amines) is 1. The van der Waals surface area contributed by atoms with Gasteiger partial charge in [-0.05, 0) is 37.1 Å². The van der Waals surface area contributed by atoms with Gasteiger partial charge in [-0.25, -0.2) is 9.97 Å². The molecule has 0 saturated carbocycles. The van der Waals surface area contributed by atoms with Crippen LogP contribution in [0.5, 0.6) is 5.88 Å². The van der Waals surface area contributed by atoms with Crippen LogP contribution in [0.2, 0.25) is 0 Å². The van der Waals surface area contributed by atoms with Crippen LogP contribution in [0.25, 0.3) is 22.2 Å². The van der Waals surface area contributed by atoms with Gasteiger partial charge in [0.25, 0.3) is 11.8 Å². The van der Waals surface area contributed by atoms with Gasteiger partial charge in [-0.15, -0.1) is 0 Å². The van der Waals surface area contributed by atoms with Crippen molar-refractivity contribution in [3.63, 3.8) is 0 Å². The van der Waals surface area contributed by atoms with Crippen LogP contribution in [-0.4, -0.2) is 91.3 Å². The molecule has 5 heterocycles. The molecule has 14 nitrogen and oxygen atoms in total. The van der Waals surface area contributed by atoms with Crippen molar-refractivity contribution in [1.82, 2.24) is 39.7 Å². The summed E-state index contributed by atoms with van der Waals surface area (Å²) in [5, 5.41) is 15.4. The largest absolute Gasteiger partial charge is 0.471 e. The smallest absolute Gasteiger partial charge is 0.292 e. The minimum absolute atomic E-state index is 0.118. The van der Waals surface area contributed by atoms with Crippen LogP contribution in [0.1, 0.15) is 28.2 Å². The van der Waals surface area contributed by atoms with Crippen molar-refractivity contribution in [3.8, 4) is 17.1 Å². The standard InChI is InChI=1S/C30H34N10O4/c1-17-13-32-30(34-24-11-18(2)39(5)36-24)35-27(17)21-14-31-28-20(21)7-6-8-22(28)33-25(41)16-40-10-9-19(15-40)43-26-12-23(44-37-26)29(42)38(3)4/h6-8,11-14,19,31H,9-10,15-16H2,1-5H3,(H,33,41)(H,32,34,35,36). The van der Waals surface area contributed by atoms with E-state index in [2.05, 4.69) is 30.9 Å². The second-order valence-corrected chi connectivity index (χ2v) is 11.1. The van der Waals surface area contributed by atoms with E-state index in [0.717, 1.165) is 39.8 Å². The second-order valence-electron chi connectivity index (χ2n) is 11.1. The van der Waals surface area contributed by atoms with Crippen molar-refractivity contribution >= 4 is 40.2 Å². The van der Waals surface area contributed by atoms with Crippen molar-refractivity contribution in [3.05, 3.63) is 59.7 Å². The Balaban J connectivity index is 1.11. The molecule has 1 aliphatic rings. The van der Waals surface area contributed by atoms with Gasteiger partial charge < -0.3 is 29.8 Å². The maximum absolute atomic E-state index is 13.1. The highest BCUT2D eigenvalue weighted by Gasteiger charge is 2.27. The fourth-order valence-electron chi connectivity index (χ4n) is 5.20. The number of H-pyrrole nitrogens is 1. The third-order valence-electron chi connectivity index (χ3n) is 7.56. The van der Waals surface area contributed by atoms with Gasteiger partial charge in [0, 0.05) is 69.3 Å². The number of aromatic nitrogens is 6. The SMILES string of the molecule is Cc1cnc(Nc2cc(C)n(C)n2)nc1-c1c[nH]c2c(NC(=O)CN3CCC(Oc4cc(C(=O)N(C)C)on4)C3)cccc12. The average molecular weight is 599 g/mol. The lowest BCUT2D eigenvalue weighted by atomic mass is 10.1. The number of aromatic amines is 1. The monoisotopic (exact) mass is 598 g/mol. The third kappa shape index (κ3) is 5.97. The number of ether oxygens (including phenoxy) is 1. The summed E-state index contributed by atoms with van der Waals surface area (Å²) in [5.41, 5.74) is 5.10. The zero-order valence-corrected chi connectivity index (χ0v) is 25.2. The fraction of sp³-hybridized carbons (Fsp3) is 0.333. The van der Waals surface area contributed by atoms with Gasteiger partial charge in [-0.1, -0.05) is 12.1 Å². The van der Waals surface area contributed by atoms with Crippen LogP contribution in [0.15, 0.2) is 47.2 Å². The number of aryl methyl sites for hydroxylation is 3. The van der Waals surface area contributed by atoms with Crippen LogP contribution in [0, 0.1) is 13.8 Å². The summed E-state index contributed by atoms with van der Waals surface area (Å²) in [7, 11) is 5.16. The molecule has 1 fully saturated rings. The number of benzene rings is 1. The van der Waals surface area contributed by atoms with E-state index in [4.69, 9.17) is 14.2 Å². The Hall–Kier alpha value is -5.24. The summed E-state index contributed by atoms with van der Waals surface area (Å²) < 4.78 is 12.8. The lowest BCUT2D eigenvalue weighted by Gasteiger charge is -2.16. The topological polar surface area (TPSA) is 159 Å². The fourth-order valence-corrected chi connectivity index (χ4v) is 5.20. The molecule has 1 unspecified atom stereocenters. The number of nitrogens with one attached hydrogen (secondary N) is 3. The molecule has 6 rings (SSSR count). The molecule has 4 aromatic heterocycles.